The third-order valence-electron chi connectivity index (χ3n) is 4.05. The lowest BCUT2D eigenvalue weighted by Gasteiger charge is -2.38. The van der Waals surface area contributed by atoms with Gasteiger partial charge in [0.25, 0.3) is 0 Å². The van der Waals surface area contributed by atoms with E-state index >= 15 is 0 Å². The van der Waals surface area contributed by atoms with E-state index in [1.165, 1.54) is 4.90 Å². The van der Waals surface area contributed by atoms with Crippen LogP contribution < -0.4 is 5.32 Å². The van der Waals surface area contributed by atoms with Gasteiger partial charge in [0.1, 0.15) is 6.04 Å². The molecule has 2 amide bonds. The van der Waals surface area contributed by atoms with Crippen LogP contribution >= 0.6 is 0 Å². The lowest BCUT2D eigenvalue weighted by molar-refractivity contribution is -0.152. The Labute approximate surface area is 120 Å². The topological polar surface area (TPSA) is 86.7 Å². The minimum Gasteiger partial charge on any atom is -0.481 e. The van der Waals surface area contributed by atoms with Crippen molar-refractivity contribution in [2.24, 2.45) is 5.92 Å². The molecule has 2 fully saturated rings. The average Bonchev–Trinajstić information content (AvgIpc) is 2.40. The van der Waals surface area contributed by atoms with Crippen LogP contribution in [0.5, 0.6) is 0 Å². The first kappa shape index (κ1) is 15.7. The predicted molar refractivity (Wildman–Crippen MR) is 67.7 cm³/mol. The van der Waals surface area contributed by atoms with E-state index in [-0.39, 0.29) is 44.7 Å². The largest absolute Gasteiger partial charge is 0.481 e. The Hall–Kier alpha value is -1.73. The number of nitrogens with zero attached hydrogens (tertiary/aromatic N) is 1. The van der Waals surface area contributed by atoms with Gasteiger partial charge in [0.05, 0.1) is 6.42 Å². The maximum absolute atomic E-state index is 13.1. The summed E-state index contributed by atoms with van der Waals surface area (Å²) in [6.45, 7) is 0.471. The summed E-state index contributed by atoms with van der Waals surface area (Å²) in [4.78, 5) is 36.2. The number of rotatable bonds is 3. The normalized spacial score (nSPS) is 26.3. The minimum absolute atomic E-state index is 0.0732. The standard InChI is InChI=1S/C13H18F2N2O4/c14-13(15)3-1-8(2-4-13)12(21)17-6-5-16-11(20)9(17)7-10(18)19/h8-9H,1-7H2,(H,16,20)(H,18,19). The maximum Gasteiger partial charge on any atom is 0.305 e. The van der Waals surface area contributed by atoms with Crippen LogP contribution in [0.25, 0.3) is 0 Å². The number of hydrogen-bond donors (Lipinski definition) is 2. The SMILES string of the molecule is O=C(O)CC1C(=O)NCCN1C(=O)C1CCC(F)(F)CC1. The van der Waals surface area contributed by atoms with E-state index in [0.717, 1.165) is 0 Å². The molecule has 1 heterocycles. The van der Waals surface area contributed by atoms with Gasteiger partial charge in [0.15, 0.2) is 0 Å². The summed E-state index contributed by atoms with van der Waals surface area (Å²) in [7, 11) is 0. The lowest BCUT2D eigenvalue weighted by Crippen LogP contribution is -2.59. The van der Waals surface area contributed by atoms with E-state index in [1.54, 1.807) is 0 Å². The molecule has 0 bridgehead atoms. The first-order valence-electron chi connectivity index (χ1n) is 6.98. The second kappa shape index (κ2) is 5.95. The van der Waals surface area contributed by atoms with Crippen molar-refractivity contribution in [2.45, 2.75) is 44.1 Å². The number of carbonyl (C=O) groups is 3. The number of carboxylic acid groups (broad SMARTS) is 1. The molecule has 2 rings (SSSR count). The molecule has 2 N–H and O–H groups in total. The molecule has 0 spiro atoms. The quantitative estimate of drug-likeness (QED) is 0.800. The molecule has 1 saturated carbocycles. The Kier molecular flexibility index (Phi) is 4.43. The van der Waals surface area contributed by atoms with Gasteiger partial charge in [0, 0.05) is 31.8 Å². The van der Waals surface area contributed by atoms with Crippen LogP contribution in [0, 0.1) is 5.92 Å². The summed E-state index contributed by atoms with van der Waals surface area (Å²) < 4.78 is 26.3. The van der Waals surface area contributed by atoms with Gasteiger partial charge in [0.2, 0.25) is 17.7 Å². The average molecular weight is 304 g/mol. The highest BCUT2D eigenvalue weighted by molar-refractivity contribution is 5.92. The van der Waals surface area contributed by atoms with Crippen LogP contribution in [-0.4, -0.2) is 52.8 Å². The number of hydrogen-bond acceptors (Lipinski definition) is 3. The number of halogens is 2. The van der Waals surface area contributed by atoms with E-state index < -0.39 is 36.2 Å². The third-order valence-corrected chi connectivity index (χ3v) is 4.05. The Bertz CT molecular complexity index is 445. The van der Waals surface area contributed by atoms with Crippen LogP contribution in [0.15, 0.2) is 0 Å². The molecule has 1 saturated heterocycles. The van der Waals surface area contributed by atoms with Gasteiger partial charge in [-0.1, -0.05) is 0 Å². The molecule has 0 radical (unpaired) electrons. The Balaban J connectivity index is 2.05. The van der Waals surface area contributed by atoms with Gasteiger partial charge in [-0.2, -0.15) is 0 Å². The number of piperazine rings is 1. The summed E-state index contributed by atoms with van der Waals surface area (Å²) in [5, 5.41) is 11.4. The number of alkyl halides is 2. The highest BCUT2D eigenvalue weighted by Gasteiger charge is 2.42. The number of carboxylic acids is 1. The van der Waals surface area contributed by atoms with Gasteiger partial charge >= 0.3 is 5.97 Å². The predicted octanol–water partition coefficient (Wildman–Crippen LogP) is 0.614. The lowest BCUT2D eigenvalue weighted by atomic mass is 9.85. The van der Waals surface area contributed by atoms with Crippen molar-refractivity contribution in [3.63, 3.8) is 0 Å². The summed E-state index contributed by atoms with van der Waals surface area (Å²) in [5.74, 6) is -5.34. The van der Waals surface area contributed by atoms with Crippen LogP contribution in [-0.2, 0) is 14.4 Å². The molecule has 0 aromatic carbocycles. The van der Waals surface area contributed by atoms with Crippen LogP contribution in [0.4, 0.5) is 8.78 Å². The maximum atomic E-state index is 13.1. The van der Waals surface area contributed by atoms with E-state index in [1.807, 2.05) is 0 Å². The van der Waals surface area contributed by atoms with Crippen LogP contribution in [0.2, 0.25) is 0 Å². The van der Waals surface area contributed by atoms with Crippen molar-refractivity contribution in [3.8, 4) is 0 Å². The van der Waals surface area contributed by atoms with E-state index in [9.17, 15) is 23.2 Å². The molecule has 1 aliphatic carbocycles. The van der Waals surface area contributed by atoms with E-state index in [2.05, 4.69) is 5.32 Å². The fourth-order valence-electron chi connectivity index (χ4n) is 2.87. The van der Waals surface area contributed by atoms with Crippen molar-refractivity contribution >= 4 is 17.8 Å². The first-order chi connectivity index (χ1) is 9.80. The van der Waals surface area contributed by atoms with Crippen molar-refractivity contribution < 1.29 is 28.3 Å². The Morgan fingerprint density at radius 3 is 2.52 bits per heavy atom. The summed E-state index contributed by atoms with van der Waals surface area (Å²) in [6.07, 6.45) is -1.01. The molecule has 1 aliphatic heterocycles. The summed E-state index contributed by atoms with van der Waals surface area (Å²) in [6, 6.07) is -1.05. The zero-order valence-corrected chi connectivity index (χ0v) is 11.5. The van der Waals surface area contributed by atoms with Gasteiger partial charge in [-0.15, -0.1) is 0 Å². The fraction of sp³-hybridized carbons (Fsp3) is 0.769. The van der Waals surface area contributed by atoms with Gasteiger partial charge in [-0.3, -0.25) is 14.4 Å². The smallest absolute Gasteiger partial charge is 0.305 e. The molecule has 0 aromatic rings. The van der Waals surface area contributed by atoms with Gasteiger partial charge in [-0.05, 0) is 12.8 Å². The molecule has 118 valence electrons. The monoisotopic (exact) mass is 304 g/mol. The van der Waals surface area contributed by atoms with Crippen molar-refractivity contribution in [3.05, 3.63) is 0 Å². The molecule has 1 atom stereocenters. The Morgan fingerprint density at radius 2 is 1.95 bits per heavy atom. The molecule has 2 aliphatic rings. The highest BCUT2D eigenvalue weighted by atomic mass is 19.3. The van der Waals surface area contributed by atoms with Gasteiger partial charge < -0.3 is 15.3 Å². The molecular formula is C13H18F2N2O4. The Morgan fingerprint density at radius 1 is 1.33 bits per heavy atom. The number of carbonyl (C=O) groups excluding carboxylic acids is 2. The zero-order chi connectivity index (χ0) is 15.6. The van der Waals surface area contributed by atoms with E-state index in [0.29, 0.717) is 0 Å². The fourth-order valence-corrected chi connectivity index (χ4v) is 2.87. The van der Waals surface area contributed by atoms with Crippen LogP contribution in [0.1, 0.15) is 32.1 Å². The summed E-state index contributed by atoms with van der Waals surface area (Å²) in [5.41, 5.74) is 0. The second-order valence-electron chi connectivity index (χ2n) is 5.57. The second-order valence-corrected chi connectivity index (χ2v) is 5.57. The van der Waals surface area contributed by atoms with Crippen molar-refractivity contribution in [1.29, 1.82) is 0 Å². The molecular weight excluding hydrogens is 286 g/mol. The number of aliphatic carboxylic acids is 1. The van der Waals surface area contributed by atoms with E-state index in [4.69, 9.17) is 5.11 Å². The number of amides is 2. The number of nitrogens with one attached hydrogen (secondary N) is 1. The molecule has 21 heavy (non-hydrogen) atoms. The zero-order valence-electron chi connectivity index (χ0n) is 11.5. The molecule has 1 unspecified atom stereocenters. The van der Waals surface area contributed by atoms with Crippen LogP contribution in [0.3, 0.4) is 0 Å². The van der Waals surface area contributed by atoms with Crippen molar-refractivity contribution in [1.82, 2.24) is 10.2 Å². The first-order valence-corrected chi connectivity index (χ1v) is 6.98. The van der Waals surface area contributed by atoms with Crippen molar-refractivity contribution in [2.75, 3.05) is 13.1 Å². The van der Waals surface area contributed by atoms with Gasteiger partial charge in [-0.25, -0.2) is 8.78 Å². The minimum atomic E-state index is -2.73. The highest BCUT2D eigenvalue weighted by Crippen LogP contribution is 2.37. The molecule has 6 nitrogen and oxygen atoms in total. The molecule has 8 heteroatoms. The third kappa shape index (κ3) is 3.68. The molecule has 0 aromatic heterocycles. The summed E-state index contributed by atoms with van der Waals surface area (Å²) >= 11 is 0.